The first-order valence-corrected chi connectivity index (χ1v) is 9.04. The van der Waals surface area contributed by atoms with Crippen LogP contribution in [0.4, 0.5) is 0 Å². The van der Waals surface area contributed by atoms with E-state index >= 15 is 0 Å². The summed E-state index contributed by atoms with van der Waals surface area (Å²) in [6.45, 7) is 2.27. The van der Waals surface area contributed by atoms with Crippen LogP contribution in [0.1, 0.15) is 22.7 Å². The van der Waals surface area contributed by atoms with Gasteiger partial charge in [-0.05, 0) is 35.2 Å². The molecule has 0 saturated carbocycles. The first kappa shape index (κ1) is 19.5. The molecule has 2 aliphatic heterocycles. The highest BCUT2D eigenvalue weighted by Gasteiger charge is 2.37. The summed E-state index contributed by atoms with van der Waals surface area (Å²) in [7, 11) is 3.30. The molecule has 1 N–H and O–H groups in total. The van der Waals surface area contributed by atoms with E-state index in [1.807, 2.05) is 29.2 Å². The summed E-state index contributed by atoms with van der Waals surface area (Å²) in [6.07, 6.45) is 0.824. The molecular weight excluding hydrogens is 364 g/mol. The molecule has 27 heavy (non-hydrogen) atoms. The Bertz CT molecular complexity index is 809. The van der Waals surface area contributed by atoms with Crippen molar-refractivity contribution in [2.75, 3.05) is 33.9 Å². The Kier molecular flexibility index (Phi) is 5.92. The maximum atomic E-state index is 13.1. The minimum Gasteiger partial charge on any atom is -0.493 e. The van der Waals surface area contributed by atoms with Crippen molar-refractivity contribution in [3.05, 3.63) is 59.2 Å². The molecule has 2 aromatic rings. The molecule has 1 unspecified atom stereocenters. The second-order valence-corrected chi connectivity index (χ2v) is 6.86. The van der Waals surface area contributed by atoms with Crippen molar-refractivity contribution in [2.24, 2.45) is 5.92 Å². The standard InChI is InChI=1S/C21H24N2O3.ClH/c1-25-18-10-15-8-9-23(21(24)16-12-22-13-16)20(14-6-4-3-5-7-14)17(15)11-19(18)26-2;/h3-7,10-11,16,20,22H,8-9,12-13H2,1-2H3;1H. The maximum Gasteiger partial charge on any atom is 0.229 e. The second kappa shape index (κ2) is 8.19. The predicted octanol–water partition coefficient (Wildman–Crippen LogP) is 2.82. The molecule has 1 saturated heterocycles. The highest BCUT2D eigenvalue weighted by atomic mass is 35.5. The summed E-state index contributed by atoms with van der Waals surface area (Å²) in [5.74, 6) is 1.76. The van der Waals surface area contributed by atoms with E-state index in [2.05, 4.69) is 23.5 Å². The van der Waals surface area contributed by atoms with Crippen LogP contribution >= 0.6 is 12.4 Å². The number of hydrogen-bond donors (Lipinski definition) is 1. The fourth-order valence-electron chi connectivity index (χ4n) is 3.88. The zero-order chi connectivity index (χ0) is 18.1. The van der Waals surface area contributed by atoms with Gasteiger partial charge in [-0.3, -0.25) is 4.79 Å². The lowest BCUT2D eigenvalue weighted by molar-refractivity contribution is -0.139. The van der Waals surface area contributed by atoms with Crippen LogP contribution in [0.15, 0.2) is 42.5 Å². The van der Waals surface area contributed by atoms with Gasteiger partial charge in [0.05, 0.1) is 26.2 Å². The van der Waals surface area contributed by atoms with Gasteiger partial charge >= 0.3 is 0 Å². The van der Waals surface area contributed by atoms with E-state index in [1.165, 1.54) is 5.56 Å². The summed E-state index contributed by atoms with van der Waals surface area (Å²) < 4.78 is 11.0. The van der Waals surface area contributed by atoms with Crippen molar-refractivity contribution in [1.82, 2.24) is 10.2 Å². The molecule has 1 fully saturated rings. The van der Waals surface area contributed by atoms with E-state index < -0.39 is 0 Å². The molecule has 1 atom stereocenters. The van der Waals surface area contributed by atoms with Crippen LogP contribution in [0.25, 0.3) is 0 Å². The van der Waals surface area contributed by atoms with Gasteiger partial charge in [-0.1, -0.05) is 30.3 Å². The Balaban J connectivity index is 0.00000210. The normalized spacial score (nSPS) is 18.7. The first-order valence-electron chi connectivity index (χ1n) is 9.04. The number of fused-ring (bicyclic) bond motifs is 1. The molecule has 0 bridgehead atoms. The molecule has 0 aromatic heterocycles. The van der Waals surface area contributed by atoms with Crippen LogP contribution in [0, 0.1) is 5.92 Å². The van der Waals surface area contributed by atoms with Crippen LogP contribution in [-0.4, -0.2) is 44.7 Å². The lowest BCUT2D eigenvalue weighted by Gasteiger charge is -2.41. The number of halogens is 1. The Morgan fingerprint density at radius 3 is 2.33 bits per heavy atom. The van der Waals surface area contributed by atoms with Crippen molar-refractivity contribution in [1.29, 1.82) is 0 Å². The monoisotopic (exact) mass is 388 g/mol. The third-order valence-corrected chi connectivity index (χ3v) is 5.40. The van der Waals surface area contributed by atoms with Gasteiger partial charge in [0.15, 0.2) is 11.5 Å². The topological polar surface area (TPSA) is 50.8 Å². The highest BCUT2D eigenvalue weighted by Crippen LogP contribution is 2.41. The van der Waals surface area contributed by atoms with E-state index in [0.717, 1.165) is 42.9 Å². The molecule has 2 aromatic carbocycles. The number of carbonyl (C=O) groups excluding carboxylic acids is 1. The summed E-state index contributed by atoms with van der Waals surface area (Å²) in [5, 5.41) is 3.20. The third-order valence-electron chi connectivity index (χ3n) is 5.40. The number of nitrogens with one attached hydrogen (secondary N) is 1. The second-order valence-electron chi connectivity index (χ2n) is 6.86. The van der Waals surface area contributed by atoms with Gasteiger partial charge < -0.3 is 19.7 Å². The van der Waals surface area contributed by atoms with Gasteiger partial charge in [0, 0.05) is 19.6 Å². The van der Waals surface area contributed by atoms with E-state index in [1.54, 1.807) is 14.2 Å². The predicted molar refractivity (Wildman–Crippen MR) is 107 cm³/mol. The number of nitrogens with zero attached hydrogens (tertiary/aromatic N) is 1. The fraction of sp³-hybridized carbons (Fsp3) is 0.381. The van der Waals surface area contributed by atoms with Crippen LogP contribution < -0.4 is 14.8 Å². The van der Waals surface area contributed by atoms with E-state index in [0.29, 0.717) is 5.75 Å². The third kappa shape index (κ3) is 3.49. The minimum atomic E-state index is -0.0899. The molecule has 0 spiro atoms. The molecule has 0 radical (unpaired) electrons. The van der Waals surface area contributed by atoms with Gasteiger partial charge in [-0.25, -0.2) is 0 Å². The quantitative estimate of drug-likeness (QED) is 0.875. The first-order chi connectivity index (χ1) is 12.7. The summed E-state index contributed by atoms with van der Waals surface area (Å²) in [5.41, 5.74) is 3.47. The number of rotatable bonds is 4. The maximum absolute atomic E-state index is 13.1. The van der Waals surface area contributed by atoms with Gasteiger partial charge in [0.1, 0.15) is 0 Å². The molecule has 0 aliphatic carbocycles. The highest BCUT2D eigenvalue weighted by molar-refractivity contribution is 5.85. The number of hydrogen-bond acceptors (Lipinski definition) is 4. The van der Waals surface area contributed by atoms with E-state index in [9.17, 15) is 4.79 Å². The zero-order valence-electron chi connectivity index (χ0n) is 15.6. The van der Waals surface area contributed by atoms with Crippen LogP contribution in [-0.2, 0) is 11.2 Å². The van der Waals surface area contributed by atoms with Crippen molar-refractivity contribution in [3.8, 4) is 11.5 Å². The smallest absolute Gasteiger partial charge is 0.229 e. The van der Waals surface area contributed by atoms with Gasteiger partial charge in [0.25, 0.3) is 0 Å². The molecule has 2 aliphatic rings. The molecule has 144 valence electrons. The van der Waals surface area contributed by atoms with Gasteiger partial charge in [0.2, 0.25) is 5.91 Å². The lowest BCUT2D eigenvalue weighted by Crippen LogP contribution is -2.54. The van der Waals surface area contributed by atoms with Crippen molar-refractivity contribution in [3.63, 3.8) is 0 Å². The van der Waals surface area contributed by atoms with Gasteiger partial charge in [-0.2, -0.15) is 0 Å². The summed E-state index contributed by atoms with van der Waals surface area (Å²) >= 11 is 0. The number of methoxy groups -OCH3 is 2. The van der Waals surface area contributed by atoms with E-state index in [-0.39, 0.29) is 30.3 Å². The average Bonchev–Trinajstić information content (AvgIpc) is 2.65. The summed E-state index contributed by atoms with van der Waals surface area (Å²) in [4.78, 5) is 15.1. The van der Waals surface area contributed by atoms with Crippen molar-refractivity contribution < 1.29 is 14.3 Å². The molecule has 2 heterocycles. The molecule has 6 heteroatoms. The largest absolute Gasteiger partial charge is 0.493 e. The molecule has 5 nitrogen and oxygen atoms in total. The zero-order valence-corrected chi connectivity index (χ0v) is 16.4. The Morgan fingerprint density at radius 2 is 1.74 bits per heavy atom. The number of ether oxygens (including phenoxy) is 2. The van der Waals surface area contributed by atoms with Gasteiger partial charge in [-0.15, -0.1) is 12.4 Å². The number of benzene rings is 2. The number of amides is 1. The van der Waals surface area contributed by atoms with Crippen LogP contribution in [0.2, 0.25) is 0 Å². The minimum absolute atomic E-state index is 0. The van der Waals surface area contributed by atoms with Crippen LogP contribution in [0.3, 0.4) is 0 Å². The van der Waals surface area contributed by atoms with E-state index in [4.69, 9.17) is 9.47 Å². The molecular formula is C21H25ClN2O3. The van der Waals surface area contributed by atoms with Crippen LogP contribution in [0.5, 0.6) is 11.5 Å². The SMILES string of the molecule is COc1cc2c(cc1OC)C(c1ccccc1)N(C(=O)C1CNC1)CC2.Cl. The van der Waals surface area contributed by atoms with Crippen molar-refractivity contribution in [2.45, 2.75) is 12.5 Å². The lowest BCUT2D eigenvalue weighted by atomic mass is 9.86. The number of carbonyl (C=O) groups is 1. The Hall–Kier alpha value is -2.24. The average molecular weight is 389 g/mol. The molecule has 1 amide bonds. The molecule has 4 rings (SSSR count). The Morgan fingerprint density at radius 1 is 1.07 bits per heavy atom. The van der Waals surface area contributed by atoms with Crippen molar-refractivity contribution >= 4 is 18.3 Å². The Labute approximate surface area is 166 Å². The fourth-order valence-corrected chi connectivity index (χ4v) is 3.88. The summed E-state index contributed by atoms with van der Waals surface area (Å²) in [6, 6.07) is 14.2.